The smallest absolute Gasteiger partial charge is 0.122 e. The van der Waals surface area contributed by atoms with Crippen LogP contribution in [-0.4, -0.2) is 13.2 Å². The van der Waals surface area contributed by atoms with Crippen LogP contribution < -0.4 is 10.5 Å². The molecular weight excluding hydrogens is 234 g/mol. The van der Waals surface area contributed by atoms with Gasteiger partial charge in [0.1, 0.15) is 5.75 Å². The van der Waals surface area contributed by atoms with Gasteiger partial charge in [-0.05, 0) is 55.5 Å². The van der Waals surface area contributed by atoms with Gasteiger partial charge >= 0.3 is 0 Å². The predicted octanol–water partition coefficient (Wildman–Crippen LogP) is 3.32. The topological polar surface area (TPSA) is 35.2 Å². The van der Waals surface area contributed by atoms with Crippen LogP contribution in [-0.2, 0) is 0 Å². The summed E-state index contributed by atoms with van der Waals surface area (Å²) in [6.45, 7) is 1.73. The van der Waals surface area contributed by atoms with E-state index < -0.39 is 0 Å². The predicted molar refractivity (Wildman–Crippen MR) is 76.2 cm³/mol. The summed E-state index contributed by atoms with van der Waals surface area (Å²) < 4.78 is 5.85. The van der Waals surface area contributed by atoms with E-state index in [1.807, 2.05) is 0 Å². The lowest BCUT2D eigenvalue weighted by Crippen LogP contribution is -2.37. The van der Waals surface area contributed by atoms with Crippen LogP contribution in [0.15, 0.2) is 24.3 Å². The zero-order chi connectivity index (χ0) is 12.9. The minimum absolute atomic E-state index is 0.411. The molecule has 0 saturated heterocycles. The van der Waals surface area contributed by atoms with Crippen molar-refractivity contribution in [2.45, 2.75) is 38.0 Å². The lowest BCUT2D eigenvalue weighted by Gasteiger charge is -2.38. The van der Waals surface area contributed by atoms with E-state index in [-0.39, 0.29) is 0 Å². The van der Waals surface area contributed by atoms with Crippen molar-refractivity contribution in [3.63, 3.8) is 0 Å². The van der Waals surface area contributed by atoms with Crippen molar-refractivity contribution in [1.82, 2.24) is 0 Å². The molecule has 2 nitrogen and oxygen atoms in total. The fraction of sp³-hybridized carbons (Fsp3) is 0.647. The Balaban J connectivity index is 1.59. The van der Waals surface area contributed by atoms with Gasteiger partial charge in [-0.15, -0.1) is 0 Å². The van der Waals surface area contributed by atoms with E-state index in [2.05, 4.69) is 24.3 Å². The molecule has 1 aromatic rings. The van der Waals surface area contributed by atoms with Crippen molar-refractivity contribution in [3.05, 3.63) is 29.8 Å². The highest BCUT2D eigenvalue weighted by atomic mass is 16.5. The van der Waals surface area contributed by atoms with Crippen LogP contribution in [0.2, 0.25) is 0 Å². The average molecular weight is 257 g/mol. The molecule has 2 N–H and O–H groups in total. The van der Waals surface area contributed by atoms with Gasteiger partial charge < -0.3 is 10.5 Å². The lowest BCUT2D eigenvalue weighted by atomic mass is 9.67. The van der Waals surface area contributed by atoms with E-state index in [1.54, 1.807) is 0 Å². The number of rotatable bonds is 3. The summed E-state index contributed by atoms with van der Waals surface area (Å²) in [4.78, 5) is 0. The molecule has 1 heterocycles. The fourth-order valence-corrected chi connectivity index (χ4v) is 5.03. The molecule has 1 aromatic carbocycles. The number of nitrogens with two attached hydrogens (primary N) is 1. The first-order valence-electron chi connectivity index (χ1n) is 7.72. The summed E-state index contributed by atoms with van der Waals surface area (Å²) >= 11 is 0. The number of ether oxygens (including phenoxy) is 1. The summed E-state index contributed by atoms with van der Waals surface area (Å²) in [7, 11) is 0. The molecule has 2 fully saturated rings. The molecule has 0 radical (unpaired) electrons. The Morgan fingerprint density at radius 3 is 2.89 bits per heavy atom. The van der Waals surface area contributed by atoms with Crippen LogP contribution in [0.25, 0.3) is 0 Å². The molecule has 2 saturated carbocycles. The zero-order valence-electron chi connectivity index (χ0n) is 11.5. The lowest BCUT2D eigenvalue weighted by molar-refractivity contribution is 0.137. The summed E-state index contributed by atoms with van der Waals surface area (Å²) in [6, 6.07) is 8.55. The summed E-state index contributed by atoms with van der Waals surface area (Å²) in [5.74, 6) is 3.52. The van der Waals surface area contributed by atoms with Crippen LogP contribution in [0.1, 0.15) is 43.6 Å². The SMILES string of the molecule is NCC1(CC2COc3ccccc32)CC2CCC1C2. The quantitative estimate of drug-likeness (QED) is 0.901. The van der Waals surface area contributed by atoms with E-state index >= 15 is 0 Å². The van der Waals surface area contributed by atoms with E-state index in [4.69, 9.17) is 10.5 Å². The molecule has 19 heavy (non-hydrogen) atoms. The van der Waals surface area contributed by atoms with Crippen LogP contribution in [0.3, 0.4) is 0 Å². The van der Waals surface area contributed by atoms with Crippen molar-refractivity contribution >= 4 is 0 Å². The molecule has 0 amide bonds. The monoisotopic (exact) mass is 257 g/mol. The van der Waals surface area contributed by atoms with E-state index in [1.165, 1.54) is 37.7 Å². The third-order valence-corrected chi connectivity index (χ3v) is 5.96. The van der Waals surface area contributed by atoms with Crippen LogP contribution >= 0.6 is 0 Å². The molecule has 2 heteroatoms. The maximum atomic E-state index is 6.21. The maximum absolute atomic E-state index is 6.21. The number of fused-ring (bicyclic) bond motifs is 3. The molecule has 0 aromatic heterocycles. The molecule has 102 valence electrons. The molecule has 2 bridgehead atoms. The highest BCUT2D eigenvalue weighted by molar-refractivity contribution is 5.39. The Morgan fingerprint density at radius 1 is 1.26 bits per heavy atom. The Morgan fingerprint density at radius 2 is 2.16 bits per heavy atom. The second kappa shape index (κ2) is 4.24. The largest absolute Gasteiger partial charge is 0.493 e. The van der Waals surface area contributed by atoms with Gasteiger partial charge in [0.25, 0.3) is 0 Å². The second-order valence-electron chi connectivity index (χ2n) is 6.90. The molecule has 1 aliphatic heterocycles. The van der Waals surface area contributed by atoms with Crippen molar-refractivity contribution < 1.29 is 4.74 Å². The number of hydrogen-bond donors (Lipinski definition) is 1. The van der Waals surface area contributed by atoms with Crippen molar-refractivity contribution in [2.24, 2.45) is 23.0 Å². The molecule has 3 aliphatic rings. The van der Waals surface area contributed by atoms with Gasteiger partial charge in [0, 0.05) is 11.5 Å². The molecule has 4 unspecified atom stereocenters. The van der Waals surface area contributed by atoms with E-state index in [0.29, 0.717) is 11.3 Å². The van der Waals surface area contributed by atoms with Gasteiger partial charge in [0.2, 0.25) is 0 Å². The Hall–Kier alpha value is -1.02. The van der Waals surface area contributed by atoms with Gasteiger partial charge in [-0.3, -0.25) is 0 Å². The van der Waals surface area contributed by atoms with Crippen LogP contribution in [0.5, 0.6) is 5.75 Å². The first kappa shape index (κ1) is 11.8. The Labute approximate surface area is 115 Å². The zero-order valence-corrected chi connectivity index (χ0v) is 11.5. The first-order chi connectivity index (χ1) is 9.31. The van der Waals surface area contributed by atoms with E-state index in [0.717, 1.165) is 30.7 Å². The average Bonchev–Trinajstić information content (AvgIpc) is 3.14. The Bertz CT molecular complexity index is 486. The minimum atomic E-state index is 0.411. The molecular formula is C17H23NO. The summed E-state index contributed by atoms with van der Waals surface area (Å²) in [5.41, 5.74) is 8.04. The summed E-state index contributed by atoms with van der Waals surface area (Å²) in [5, 5.41) is 0. The molecule has 0 spiro atoms. The van der Waals surface area contributed by atoms with Gasteiger partial charge in [0.05, 0.1) is 6.61 Å². The van der Waals surface area contributed by atoms with Crippen LogP contribution in [0, 0.1) is 17.3 Å². The molecule has 4 rings (SSSR count). The maximum Gasteiger partial charge on any atom is 0.122 e. The van der Waals surface area contributed by atoms with Crippen molar-refractivity contribution in [3.8, 4) is 5.75 Å². The highest BCUT2D eigenvalue weighted by Crippen LogP contribution is 2.59. The van der Waals surface area contributed by atoms with Crippen LogP contribution in [0.4, 0.5) is 0 Å². The molecule has 4 atom stereocenters. The normalized spacial score (nSPS) is 39.3. The van der Waals surface area contributed by atoms with Crippen molar-refractivity contribution in [1.29, 1.82) is 0 Å². The number of hydrogen-bond acceptors (Lipinski definition) is 2. The number of benzene rings is 1. The minimum Gasteiger partial charge on any atom is -0.493 e. The third kappa shape index (κ3) is 1.73. The first-order valence-corrected chi connectivity index (χ1v) is 7.72. The van der Waals surface area contributed by atoms with Gasteiger partial charge in [-0.25, -0.2) is 0 Å². The summed E-state index contributed by atoms with van der Waals surface area (Å²) in [6.07, 6.45) is 6.90. The third-order valence-electron chi connectivity index (χ3n) is 5.96. The molecule has 2 aliphatic carbocycles. The number of para-hydroxylation sites is 1. The van der Waals surface area contributed by atoms with Gasteiger partial charge in [0.15, 0.2) is 0 Å². The van der Waals surface area contributed by atoms with Gasteiger partial charge in [-0.2, -0.15) is 0 Å². The van der Waals surface area contributed by atoms with E-state index in [9.17, 15) is 0 Å². The standard InChI is InChI=1S/C17H23NO/c18-11-17(8-12-5-6-14(17)7-12)9-13-10-19-16-4-2-1-3-15(13)16/h1-4,12-14H,5-11,18H2. The second-order valence-corrected chi connectivity index (χ2v) is 6.90. The highest BCUT2D eigenvalue weighted by Gasteiger charge is 2.51. The van der Waals surface area contributed by atoms with Crippen molar-refractivity contribution in [2.75, 3.05) is 13.2 Å². The van der Waals surface area contributed by atoms with Gasteiger partial charge in [-0.1, -0.05) is 24.6 Å². The fourth-order valence-electron chi connectivity index (χ4n) is 5.03. The Kier molecular flexibility index (Phi) is 2.63.